The Morgan fingerprint density at radius 3 is 1.37 bits per heavy atom. The van der Waals surface area contributed by atoms with Gasteiger partial charge in [0.1, 0.15) is 13.2 Å². The Kier molecular flexibility index (Phi) is 42.4. The topological polar surface area (TPSA) is 108 Å². The number of unbranched alkanes of at least 4 members (excludes halogenated alkanes) is 20. The largest absolute Gasteiger partial charge is 0.477 e. The molecule has 2 unspecified atom stereocenters. The molecule has 0 saturated carbocycles. The van der Waals surface area contributed by atoms with E-state index in [1.54, 1.807) is 0 Å². The highest BCUT2D eigenvalue weighted by molar-refractivity contribution is 5.71. The third kappa shape index (κ3) is 45.0. The molecule has 0 aromatic heterocycles. The number of carbonyl (C=O) groups is 3. The Labute approximate surface area is 380 Å². The summed E-state index contributed by atoms with van der Waals surface area (Å²) in [6, 6.07) is 0. The monoisotopic (exact) mass is 873 g/mol. The van der Waals surface area contributed by atoms with Gasteiger partial charge in [0.05, 0.1) is 34.4 Å². The molecule has 0 amide bonds. The number of carboxylic acid groups (broad SMARTS) is 1. The van der Waals surface area contributed by atoms with Gasteiger partial charge < -0.3 is 28.5 Å². The van der Waals surface area contributed by atoms with Crippen LogP contribution >= 0.6 is 0 Å². The van der Waals surface area contributed by atoms with E-state index in [9.17, 15) is 19.5 Å². The van der Waals surface area contributed by atoms with E-state index in [0.29, 0.717) is 17.4 Å². The van der Waals surface area contributed by atoms with Crippen LogP contribution in [0.3, 0.4) is 0 Å². The third-order valence-electron chi connectivity index (χ3n) is 10.5. The molecule has 0 aromatic carbocycles. The zero-order valence-electron chi connectivity index (χ0n) is 40.5. The summed E-state index contributed by atoms with van der Waals surface area (Å²) in [5, 5.41) is 9.64. The normalized spacial score (nSPS) is 13.4. The number of ether oxygens (including phenoxy) is 4. The number of carboxylic acids is 1. The molecule has 1 N–H and O–H groups in total. The summed E-state index contributed by atoms with van der Waals surface area (Å²) in [6.45, 7) is 4.74. The van der Waals surface area contributed by atoms with Gasteiger partial charge in [0, 0.05) is 12.8 Å². The van der Waals surface area contributed by atoms with Crippen molar-refractivity contribution < 1.29 is 42.9 Å². The number of likely N-dealkylation sites (N-methyl/N-ethyl adjacent to an activating group) is 1. The van der Waals surface area contributed by atoms with E-state index < -0.39 is 24.3 Å². The quantitative estimate of drug-likeness (QED) is 0.0212. The number of quaternary nitrogens is 1. The molecule has 0 fully saturated rings. The van der Waals surface area contributed by atoms with E-state index in [-0.39, 0.29) is 32.2 Å². The number of esters is 2. The second-order valence-electron chi connectivity index (χ2n) is 17.8. The molecule has 0 saturated heterocycles. The van der Waals surface area contributed by atoms with Gasteiger partial charge in [0.15, 0.2) is 6.10 Å². The fraction of sp³-hybridized carbons (Fsp3) is 0.755. The lowest BCUT2D eigenvalue weighted by Gasteiger charge is -2.25. The average molecular weight is 873 g/mol. The zero-order chi connectivity index (χ0) is 45.6. The summed E-state index contributed by atoms with van der Waals surface area (Å²) in [7, 11) is 5.95. The van der Waals surface area contributed by atoms with Crippen LogP contribution in [0.15, 0.2) is 60.8 Å². The SMILES string of the molecule is CC/C=C\C/C=C\C/C=C\C/C=C\C/C=C\CCCCCCCCCCCCCC(=O)OC(COC(=O)CCCCCCCCCCCC)COC(OCC[N+](C)(C)C)C(=O)O. The van der Waals surface area contributed by atoms with Crippen LogP contribution in [0.5, 0.6) is 0 Å². The van der Waals surface area contributed by atoms with E-state index >= 15 is 0 Å². The van der Waals surface area contributed by atoms with Crippen LogP contribution < -0.4 is 0 Å². The number of carbonyl (C=O) groups excluding carboxylic acids is 2. The van der Waals surface area contributed by atoms with Gasteiger partial charge in [-0.05, 0) is 57.8 Å². The first-order valence-electron chi connectivity index (χ1n) is 25.0. The van der Waals surface area contributed by atoms with Crippen molar-refractivity contribution in [1.82, 2.24) is 0 Å². The van der Waals surface area contributed by atoms with E-state index in [4.69, 9.17) is 18.9 Å². The van der Waals surface area contributed by atoms with Gasteiger partial charge in [0.25, 0.3) is 6.29 Å². The highest BCUT2D eigenvalue weighted by Crippen LogP contribution is 2.15. The Morgan fingerprint density at radius 2 is 0.919 bits per heavy atom. The van der Waals surface area contributed by atoms with Gasteiger partial charge in [-0.2, -0.15) is 0 Å². The lowest BCUT2D eigenvalue weighted by molar-refractivity contribution is -0.870. The molecule has 358 valence electrons. The van der Waals surface area contributed by atoms with Gasteiger partial charge in [-0.25, -0.2) is 4.79 Å². The van der Waals surface area contributed by atoms with Crippen molar-refractivity contribution in [2.45, 2.75) is 212 Å². The zero-order valence-corrected chi connectivity index (χ0v) is 40.5. The lowest BCUT2D eigenvalue weighted by Crippen LogP contribution is -2.40. The number of rotatable bonds is 45. The maximum atomic E-state index is 12.8. The summed E-state index contributed by atoms with van der Waals surface area (Å²) in [5.41, 5.74) is 0. The number of nitrogens with zero attached hydrogens (tertiary/aromatic N) is 1. The van der Waals surface area contributed by atoms with Crippen molar-refractivity contribution in [1.29, 1.82) is 0 Å². The van der Waals surface area contributed by atoms with E-state index in [1.807, 2.05) is 21.1 Å². The van der Waals surface area contributed by atoms with Gasteiger partial charge in [0.2, 0.25) is 0 Å². The lowest BCUT2D eigenvalue weighted by atomic mass is 10.0. The van der Waals surface area contributed by atoms with Crippen molar-refractivity contribution in [2.75, 3.05) is 47.5 Å². The van der Waals surface area contributed by atoms with E-state index in [0.717, 1.165) is 77.0 Å². The molecule has 0 heterocycles. The minimum absolute atomic E-state index is 0.183. The number of hydrogen-bond donors (Lipinski definition) is 1. The molecule has 0 aliphatic rings. The fourth-order valence-corrected chi connectivity index (χ4v) is 6.69. The molecule has 0 spiro atoms. The summed E-state index contributed by atoms with van der Waals surface area (Å²) in [4.78, 5) is 37.1. The van der Waals surface area contributed by atoms with Crippen molar-refractivity contribution in [2.24, 2.45) is 0 Å². The van der Waals surface area contributed by atoms with Crippen LogP contribution in [-0.2, 0) is 33.3 Å². The van der Waals surface area contributed by atoms with Crippen molar-refractivity contribution in [3.05, 3.63) is 60.8 Å². The molecule has 0 radical (unpaired) electrons. The first kappa shape index (κ1) is 59.0. The first-order chi connectivity index (χ1) is 30.1. The maximum absolute atomic E-state index is 12.8. The first-order valence-corrected chi connectivity index (χ1v) is 25.0. The highest BCUT2D eigenvalue weighted by atomic mass is 16.7. The summed E-state index contributed by atoms with van der Waals surface area (Å²) < 4.78 is 22.7. The molecule has 0 rings (SSSR count). The predicted octanol–water partition coefficient (Wildman–Crippen LogP) is 13.7. The van der Waals surface area contributed by atoms with E-state index in [2.05, 4.69) is 74.6 Å². The molecule has 62 heavy (non-hydrogen) atoms. The maximum Gasteiger partial charge on any atom is 0.361 e. The van der Waals surface area contributed by atoms with Crippen molar-refractivity contribution in [3.8, 4) is 0 Å². The standard InChI is InChI=1S/C53H93NO8/c1-6-8-10-12-14-16-18-19-20-21-22-23-24-25-26-27-28-29-30-31-32-33-34-36-38-40-42-44-51(56)62-49(48-61-53(52(57)58)59-46-45-54(3,4)5)47-60-50(55)43-41-39-37-35-17-15-13-11-9-7-2/h8,10,14,16,19-20,22-23,25-26,49,53H,6-7,9,11-13,15,17-18,21,24,27-48H2,1-5H3/p+1/b10-8-,16-14-,20-19-,23-22-,26-25-. The number of hydrogen-bond acceptors (Lipinski definition) is 7. The average Bonchev–Trinajstić information content (AvgIpc) is 3.23. The molecule has 0 aliphatic heterocycles. The molecule has 0 bridgehead atoms. The van der Waals surface area contributed by atoms with Crippen LogP contribution in [-0.4, -0.2) is 87.4 Å². The van der Waals surface area contributed by atoms with E-state index in [1.165, 1.54) is 96.3 Å². The number of aliphatic carboxylic acids is 1. The molecule has 9 heteroatoms. The summed E-state index contributed by atoms with van der Waals surface area (Å²) >= 11 is 0. The summed E-state index contributed by atoms with van der Waals surface area (Å²) in [6.07, 6.45) is 51.5. The van der Waals surface area contributed by atoms with Crippen LogP contribution in [0.4, 0.5) is 0 Å². The van der Waals surface area contributed by atoms with Crippen LogP contribution in [0.1, 0.15) is 200 Å². The molecular weight excluding hydrogens is 779 g/mol. The van der Waals surface area contributed by atoms with Gasteiger partial charge in [-0.15, -0.1) is 0 Å². The van der Waals surface area contributed by atoms with Gasteiger partial charge in [-0.1, -0.05) is 190 Å². The molecule has 0 aromatic rings. The van der Waals surface area contributed by atoms with Gasteiger partial charge >= 0.3 is 17.9 Å². The second kappa shape index (κ2) is 44.6. The Morgan fingerprint density at radius 1 is 0.500 bits per heavy atom. The minimum Gasteiger partial charge on any atom is -0.477 e. The second-order valence-corrected chi connectivity index (χ2v) is 17.8. The van der Waals surface area contributed by atoms with Crippen molar-refractivity contribution in [3.63, 3.8) is 0 Å². The van der Waals surface area contributed by atoms with Crippen LogP contribution in [0.2, 0.25) is 0 Å². The minimum atomic E-state index is -1.51. The predicted molar refractivity (Wildman–Crippen MR) is 258 cm³/mol. The fourth-order valence-electron chi connectivity index (χ4n) is 6.69. The van der Waals surface area contributed by atoms with Crippen LogP contribution in [0.25, 0.3) is 0 Å². The number of allylic oxidation sites excluding steroid dienone is 10. The Balaban J connectivity index is 4.23. The Hall–Kier alpha value is -3.01. The summed E-state index contributed by atoms with van der Waals surface area (Å²) in [5.74, 6) is -2.01. The molecular formula is C53H94NO8+. The Bertz CT molecular complexity index is 1200. The highest BCUT2D eigenvalue weighted by Gasteiger charge is 2.25. The molecule has 0 aliphatic carbocycles. The van der Waals surface area contributed by atoms with Crippen LogP contribution in [0, 0.1) is 0 Å². The molecule has 2 atom stereocenters. The smallest absolute Gasteiger partial charge is 0.361 e. The van der Waals surface area contributed by atoms with Crippen molar-refractivity contribution >= 4 is 17.9 Å². The van der Waals surface area contributed by atoms with Gasteiger partial charge in [-0.3, -0.25) is 9.59 Å². The molecule has 9 nitrogen and oxygen atoms in total. The third-order valence-corrected chi connectivity index (χ3v) is 10.5.